The third-order valence-electron chi connectivity index (χ3n) is 5.92. The average Bonchev–Trinajstić information content (AvgIpc) is 3.48. The first-order valence-corrected chi connectivity index (χ1v) is 11.1. The molecule has 1 aliphatic carbocycles. The molecule has 2 aliphatic rings. The zero-order valence-corrected chi connectivity index (χ0v) is 18.2. The minimum absolute atomic E-state index is 0.223. The highest BCUT2D eigenvalue weighted by Crippen LogP contribution is 2.34. The molecule has 1 aliphatic heterocycles. The zero-order chi connectivity index (χ0) is 20.8. The Morgan fingerprint density at radius 2 is 1.97 bits per heavy atom. The van der Waals surface area contributed by atoms with Crippen LogP contribution in [0.1, 0.15) is 38.6 Å². The number of likely N-dealkylation sites (tertiary alicyclic amines) is 1. The van der Waals surface area contributed by atoms with Crippen LogP contribution >= 0.6 is 23.2 Å². The van der Waals surface area contributed by atoms with E-state index in [0.717, 1.165) is 56.4 Å². The van der Waals surface area contributed by atoms with Gasteiger partial charge in [-0.1, -0.05) is 23.2 Å². The van der Waals surface area contributed by atoms with E-state index in [9.17, 15) is 4.79 Å². The van der Waals surface area contributed by atoms with Crippen molar-refractivity contribution >= 4 is 51.8 Å². The predicted molar refractivity (Wildman–Crippen MR) is 116 cm³/mol. The van der Waals surface area contributed by atoms with E-state index in [1.165, 1.54) is 0 Å². The van der Waals surface area contributed by atoms with Gasteiger partial charge in [0.15, 0.2) is 5.15 Å². The van der Waals surface area contributed by atoms with E-state index < -0.39 is 0 Å². The molecular weight excluding hydrogens is 425 g/mol. The normalized spacial score (nSPS) is 17.6. The summed E-state index contributed by atoms with van der Waals surface area (Å²) in [5.74, 6) is 1.04. The van der Waals surface area contributed by atoms with Gasteiger partial charge >= 0.3 is 0 Å². The molecule has 8 nitrogen and oxygen atoms in total. The number of nitrogens with zero attached hydrogens (tertiary/aromatic N) is 6. The van der Waals surface area contributed by atoms with Crippen LogP contribution in [0.15, 0.2) is 18.6 Å². The van der Waals surface area contributed by atoms with Crippen LogP contribution in [-0.2, 0) is 11.3 Å². The first kappa shape index (κ1) is 19.6. The van der Waals surface area contributed by atoms with Crippen LogP contribution < -0.4 is 5.32 Å². The van der Waals surface area contributed by atoms with Gasteiger partial charge in [-0.3, -0.25) is 9.48 Å². The maximum absolute atomic E-state index is 12.3. The molecule has 30 heavy (non-hydrogen) atoms. The summed E-state index contributed by atoms with van der Waals surface area (Å²) in [5.41, 5.74) is 1.43. The van der Waals surface area contributed by atoms with E-state index in [0.29, 0.717) is 27.7 Å². The van der Waals surface area contributed by atoms with Crippen LogP contribution in [0.3, 0.4) is 0 Å². The first-order valence-electron chi connectivity index (χ1n) is 10.4. The molecule has 5 rings (SSSR count). The lowest BCUT2D eigenvalue weighted by Crippen LogP contribution is -2.39. The molecule has 2 fully saturated rings. The molecule has 4 heterocycles. The number of amides is 1. The van der Waals surface area contributed by atoms with Crippen LogP contribution in [0.25, 0.3) is 11.0 Å². The molecular formula is C20H23Cl2N7O. The van der Waals surface area contributed by atoms with Crippen molar-refractivity contribution in [2.24, 2.45) is 5.92 Å². The molecule has 0 spiro atoms. The van der Waals surface area contributed by atoms with Gasteiger partial charge in [0, 0.05) is 37.9 Å². The second-order valence-corrected chi connectivity index (χ2v) is 8.73. The van der Waals surface area contributed by atoms with Crippen molar-refractivity contribution in [2.45, 2.75) is 45.2 Å². The first-order chi connectivity index (χ1) is 14.5. The van der Waals surface area contributed by atoms with Crippen molar-refractivity contribution in [1.29, 1.82) is 0 Å². The highest BCUT2D eigenvalue weighted by molar-refractivity contribution is 6.35. The van der Waals surface area contributed by atoms with Crippen molar-refractivity contribution in [2.75, 3.05) is 18.4 Å². The minimum Gasteiger partial charge on any atom is -0.342 e. The smallest absolute Gasteiger partial charge is 0.229 e. The van der Waals surface area contributed by atoms with E-state index in [-0.39, 0.29) is 12.0 Å². The largest absolute Gasteiger partial charge is 0.342 e. The molecule has 1 saturated heterocycles. The van der Waals surface area contributed by atoms with Gasteiger partial charge in [-0.2, -0.15) is 10.1 Å². The molecule has 1 saturated carbocycles. The fourth-order valence-corrected chi connectivity index (χ4v) is 4.46. The summed E-state index contributed by atoms with van der Waals surface area (Å²) >= 11 is 12.6. The summed E-state index contributed by atoms with van der Waals surface area (Å²) in [6.45, 7) is 4.35. The Hall–Kier alpha value is -2.32. The molecule has 1 N–H and O–H groups in total. The number of anilines is 2. The lowest BCUT2D eigenvalue weighted by atomic mass is 10.0. The average molecular weight is 448 g/mol. The number of rotatable bonds is 5. The monoisotopic (exact) mass is 447 g/mol. The molecule has 10 heteroatoms. The van der Waals surface area contributed by atoms with Crippen LogP contribution in [0, 0.1) is 5.92 Å². The van der Waals surface area contributed by atoms with Crippen molar-refractivity contribution < 1.29 is 4.79 Å². The van der Waals surface area contributed by atoms with E-state index in [4.69, 9.17) is 23.2 Å². The molecule has 0 unspecified atom stereocenters. The second-order valence-electron chi connectivity index (χ2n) is 7.96. The SMILES string of the molecule is CCn1cc(Cl)c2cnc(Nc3cn(C4CCN(C(=O)C5CC5)CC4)nc3Cl)nc21. The Bertz CT molecular complexity index is 1100. The van der Waals surface area contributed by atoms with Crippen molar-refractivity contribution in [3.05, 3.63) is 28.8 Å². The van der Waals surface area contributed by atoms with E-state index >= 15 is 0 Å². The Kier molecular flexibility index (Phi) is 5.06. The molecule has 0 radical (unpaired) electrons. The number of aryl methyl sites for hydroxylation is 1. The van der Waals surface area contributed by atoms with Gasteiger partial charge in [-0.05, 0) is 32.6 Å². The maximum atomic E-state index is 12.3. The molecule has 3 aromatic heterocycles. The number of hydrogen-bond donors (Lipinski definition) is 1. The lowest BCUT2D eigenvalue weighted by molar-refractivity contribution is -0.133. The number of piperidine rings is 1. The van der Waals surface area contributed by atoms with Crippen LogP contribution in [0.2, 0.25) is 10.2 Å². The Balaban J connectivity index is 1.30. The van der Waals surface area contributed by atoms with E-state index in [1.807, 2.05) is 33.5 Å². The van der Waals surface area contributed by atoms with Crippen molar-refractivity contribution in [3.63, 3.8) is 0 Å². The van der Waals surface area contributed by atoms with Gasteiger partial charge in [-0.25, -0.2) is 4.98 Å². The maximum Gasteiger partial charge on any atom is 0.229 e. The summed E-state index contributed by atoms with van der Waals surface area (Å²) in [4.78, 5) is 23.2. The third-order valence-corrected chi connectivity index (χ3v) is 6.50. The number of carbonyl (C=O) groups is 1. The van der Waals surface area contributed by atoms with Gasteiger partial charge in [0.05, 0.1) is 28.3 Å². The second kappa shape index (κ2) is 7.74. The number of hydrogen-bond acceptors (Lipinski definition) is 5. The number of fused-ring (bicyclic) bond motifs is 1. The fraction of sp³-hybridized carbons (Fsp3) is 0.500. The molecule has 158 valence electrons. The summed E-state index contributed by atoms with van der Waals surface area (Å²) in [6.07, 6.45) is 9.31. The zero-order valence-electron chi connectivity index (χ0n) is 16.7. The van der Waals surface area contributed by atoms with Gasteiger partial charge in [0.2, 0.25) is 11.9 Å². The minimum atomic E-state index is 0.223. The van der Waals surface area contributed by atoms with Gasteiger partial charge < -0.3 is 14.8 Å². The Morgan fingerprint density at radius 3 is 2.67 bits per heavy atom. The summed E-state index contributed by atoms with van der Waals surface area (Å²) in [6, 6.07) is 0.223. The fourth-order valence-electron chi connectivity index (χ4n) is 4.03. The standard InChI is InChI=1S/C20H23Cl2N7O/c1-2-27-10-15(21)14-9-23-20(25-18(14)27)24-16-11-29(26-17(16)22)13-5-7-28(8-6-13)19(30)12-3-4-12/h9-13H,2-8H2,1H3,(H,23,24,25). The van der Waals surface area contributed by atoms with E-state index in [2.05, 4.69) is 20.4 Å². The number of aromatic nitrogens is 5. The predicted octanol–water partition coefficient (Wildman–Crippen LogP) is 4.27. The lowest BCUT2D eigenvalue weighted by Gasteiger charge is -2.32. The molecule has 3 aromatic rings. The van der Waals surface area contributed by atoms with Crippen LogP contribution in [0.5, 0.6) is 0 Å². The Morgan fingerprint density at radius 1 is 1.20 bits per heavy atom. The number of nitrogens with one attached hydrogen (secondary N) is 1. The van der Waals surface area contributed by atoms with Crippen molar-refractivity contribution in [3.8, 4) is 0 Å². The summed E-state index contributed by atoms with van der Waals surface area (Å²) in [5, 5.41) is 9.49. The van der Waals surface area contributed by atoms with Gasteiger partial charge in [0.1, 0.15) is 5.65 Å². The molecule has 0 atom stereocenters. The topological polar surface area (TPSA) is 80.9 Å². The molecule has 0 aromatic carbocycles. The van der Waals surface area contributed by atoms with Crippen molar-refractivity contribution in [1.82, 2.24) is 29.2 Å². The van der Waals surface area contributed by atoms with Gasteiger partial charge in [-0.15, -0.1) is 0 Å². The third kappa shape index (κ3) is 3.63. The quantitative estimate of drug-likeness (QED) is 0.631. The van der Waals surface area contributed by atoms with Crippen LogP contribution in [0.4, 0.5) is 11.6 Å². The number of carbonyl (C=O) groups excluding carboxylic acids is 1. The number of halogens is 2. The summed E-state index contributed by atoms with van der Waals surface area (Å²) in [7, 11) is 0. The molecule has 0 bridgehead atoms. The highest BCUT2D eigenvalue weighted by Gasteiger charge is 2.35. The summed E-state index contributed by atoms with van der Waals surface area (Å²) < 4.78 is 3.88. The van der Waals surface area contributed by atoms with E-state index in [1.54, 1.807) is 6.20 Å². The van der Waals surface area contributed by atoms with Crippen LogP contribution in [-0.4, -0.2) is 48.2 Å². The van der Waals surface area contributed by atoms with Gasteiger partial charge in [0.25, 0.3) is 0 Å². The highest BCUT2D eigenvalue weighted by atomic mass is 35.5. The molecule has 1 amide bonds. The Labute approximate surface area is 184 Å².